The molecule has 0 saturated heterocycles. The van der Waals surface area contributed by atoms with E-state index >= 15 is 0 Å². The molecule has 0 unspecified atom stereocenters. The minimum atomic E-state index is -0.496. The number of nitrogens with one attached hydrogen (secondary N) is 1. The number of halogens is 2. The van der Waals surface area contributed by atoms with Gasteiger partial charge in [-0.05, 0) is 85.5 Å². The third kappa shape index (κ3) is 6.20. The number of benzene rings is 3. The van der Waals surface area contributed by atoms with Crippen molar-refractivity contribution in [2.24, 2.45) is 0 Å². The highest BCUT2D eigenvalue weighted by molar-refractivity contribution is 9.11. The fraction of sp³-hybridized carbons (Fsp3) is 0.0833. The van der Waals surface area contributed by atoms with Crippen LogP contribution in [-0.4, -0.2) is 13.0 Å². The topological polar surface area (TPSA) is 71.3 Å². The molecule has 0 spiro atoms. The second-order valence-electron chi connectivity index (χ2n) is 6.44. The molecular formula is C24H18Br2N2O3. The highest BCUT2D eigenvalue weighted by Crippen LogP contribution is 2.36. The lowest BCUT2D eigenvalue weighted by Crippen LogP contribution is -2.13. The van der Waals surface area contributed by atoms with Crippen LogP contribution in [0.15, 0.2) is 81.2 Å². The van der Waals surface area contributed by atoms with Crippen molar-refractivity contribution in [3.8, 4) is 17.6 Å². The van der Waals surface area contributed by atoms with E-state index in [0.717, 1.165) is 5.56 Å². The summed E-state index contributed by atoms with van der Waals surface area (Å²) in [6.07, 6.45) is 1.52. The lowest BCUT2D eigenvalue weighted by Gasteiger charge is -2.12. The van der Waals surface area contributed by atoms with Crippen LogP contribution in [0.3, 0.4) is 0 Å². The Morgan fingerprint density at radius 2 is 1.71 bits per heavy atom. The van der Waals surface area contributed by atoms with E-state index in [0.29, 0.717) is 38.3 Å². The van der Waals surface area contributed by atoms with Crippen LogP contribution in [0.4, 0.5) is 5.69 Å². The lowest BCUT2D eigenvalue weighted by molar-refractivity contribution is -0.112. The number of rotatable bonds is 7. The predicted octanol–water partition coefficient (Wildman–Crippen LogP) is 6.34. The van der Waals surface area contributed by atoms with Gasteiger partial charge in [-0.2, -0.15) is 5.26 Å². The fourth-order valence-corrected chi connectivity index (χ4v) is 4.17. The molecule has 0 radical (unpaired) electrons. The largest absolute Gasteiger partial charge is 0.497 e. The smallest absolute Gasteiger partial charge is 0.266 e. The number of hydrogen-bond acceptors (Lipinski definition) is 4. The molecule has 0 fully saturated rings. The summed E-state index contributed by atoms with van der Waals surface area (Å²) < 4.78 is 12.4. The zero-order valence-corrected chi connectivity index (χ0v) is 19.7. The number of carbonyl (C=O) groups excluding carboxylic acids is 1. The van der Waals surface area contributed by atoms with Gasteiger partial charge in [0.15, 0.2) is 0 Å². The van der Waals surface area contributed by atoms with Crippen LogP contribution in [0.25, 0.3) is 6.08 Å². The summed E-state index contributed by atoms with van der Waals surface area (Å²) in [4.78, 5) is 12.5. The average Bonchev–Trinajstić information content (AvgIpc) is 2.78. The molecule has 156 valence electrons. The number of amides is 1. The van der Waals surface area contributed by atoms with Crippen LogP contribution in [0.5, 0.6) is 11.5 Å². The zero-order valence-electron chi connectivity index (χ0n) is 16.6. The standard InChI is InChI=1S/C24H18Br2N2O3/c1-30-20-9-7-19(8-10-20)28-24(29)18(14-27)11-17-12-21(25)23(22(26)13-17)31-15-16-5-3-2-4-6-16/h2-13H,15H2,1H3,(H,28,29)/b18-11-. The minimum absolute atomic E-state index is 0.0208. The normalized spacial score (nSPS) is 10.8. The number of nitrogens with zero attached hydrogens (tertiary/aromatic N) is 1. The minimum Gasteiger partial charge on any atom is -0.497 e. The highest BCUT2D eigenvalue weighted by atomic mass is 79.9. The Hall–Kier alpha value is -3.08. The fourth-order valence-electron chi connectivity index (χ4n) is 2.72. The van der Waals surface area contributed by atoms with Gasteiger partial charge < -0.3 is 14.8 Å². The van der Waals surface area contributed by atoms with Gasteiger partial charge in [0.25, 0.3) is 5.91 Å². The Morgan fingerprint density at radius 1 is 1.06 bits per heavy atom. The van der Waals surface area contributed by atoms with E-state index in [-0.39, 0.29) is 5.57 Å². The molecule has 0 saturated carbocycles. The number of methoxy groups -OCH3 is 1. The monoisotopic (exact) mass is 540 g/mol. The molecule has 0 heterocycles. The van der Waals surface area contributed by atoms with E-state index in [4.69, 9.17) is 9.47 Å². The molecule has 3 aromatic carbocycles. The van der Waals surface area contributed by atoms with E-state index in [9.17, 15) is 10.1 Å². The number of hydrogen-bond donors (Lipinski definition) is 1. The van der Waals surface area contributed by atoms with Gasteiger partial charge in [0.2, 0.25) is 0 Å². The van der Waals surface area contributed by atoms with Crippen LogP contribution >= 0.6 is 31.9 Å². The van der Waals surface area contributed by atoms with Crippen molar-refractivity contribution < 1.29 is 14.3 Å². The van der Waals surface area contributed by atoms with Crippen molar-refractivity contribution in [2.45, 2.75) is 6.61 Å². The molecule has 0 aromatic heterocycles. The van der Waals surface area contributed by atoms with Crippen molar-refractivity contribution in [1.82, 2.24) is 0 Å². The first kappa shape index (κ1) is 22.6. The third-order valence-corrected chi connectivity index (χ3v) is 5.45. The van der Waals surface area contributed by atoms with Gasteiger partial charge in [0.05, 0.1) is 16.1 Å². The van der Waals surface area contributed by atoms with E-state index in [1.165, 1.54) is 6.08 Å². The molecule has 0 bridgehead atoms. The number of nitriles is 1. The summed E-state index contributed by atoms with van der Waals surface area (Å²) in [7, 11) is 1.57. The molecule has 3 rings (SSSR count). The Morgan fingerprint density at radius 3 is 2.29 bits per heavy atom. The first-order valence-electron chi connectivity index (χ1n) is 9.23. The molecule has 3 aromatic rings. The van der Waals surface area contributed by atoms with Crippen LogP contribution in [-0.2, 0) is 11.4 Å². The Kier molecular flexibility index (Phi) is 7.88. The number of ether oxygens (including phenoxy) is 2. The third-order valence-electron chi connectivity index (χ3n) is 4.27. The van der Waals surface area contributed by atoms with Crippen LogP contribution in [0.2, 0.25) is 0 Å². The average molecular weight is 542 g/mol. The zero-order chi connectivity index (χ0) is 22.2. The van der Waals surface area contributed by atoms with E-state index in [1.807, 2.05) is 36.4 Å². The van der Waals surface area contributed by atoms with Crippen molar-refractivity contribution in [3.05, 3.63) is 92.4 Å². The van der Waals surface area contributed by atoms with Crippen molar-refractivity contribution in [1.29, 1.82) is 5.26 Å². The summed E-state index contributed by atoms with van der Waals surface area (Å²) in [5.74, 6) is 0.824. The van der Waals surface area contributed by atoms with Gasteiger partial charge in [0, 0.05) is 5.69 Å². The molecule has 5 nitrogen and oxygen atoms in total. The molecule has 0 aliphatic heterocycles. The maximum atomic E-state index is 12.5. The Balaban J connectivity index is 1.75. The molecule has 0 aliphatic carbocycles. The predicted molar refractivity (Wildman–Crippen MR) is 128 cm³/mol. The van der Waals surface area contributed by atoms with Gasteiger partial charge in [-0.25, -0.2) is 0 Å². The second-order valence-corrected chi connectivity index (χ2v) is 8.15. The van der Waals surface area contributed by atoms with E-state index in [1.54, 1.807) is 43.5 Å². The molecule has 0 atom stereocenters. The SMILES string of the molecule is COc1ccc(NC(=O)/C(C#N)=C\c2cc(Br)c(OCc3ccccc3)c(Br)c2)cc1. The van der Waals surface area contributed by atoms with Crippen molar-refractivity contribution >= 4 is 49.5 Å². The summed E-state index contributed by atoms with van der Waals surface area (Å²) in [5.41, 5.74) is 2.27. The van der Waals surface area contributed by atoms with Crippen LogP contribution in [0.1, 0.15) is 11.1 Å². The quantitative estimate of drug-likeness (QED) is 0.279. The molecule has 0 aliphatic rings. The molecule has 7 heteroatoms. The van der Waals surface area contributed by atoms with Crippen molar-refractivity contribution in [2.75, 3.05) is 12.4 Å². The maximum Gasteiger partial charge on any atom is 0.266 e. The molecular weight excluding hydrogens is 524 g/mol. The molecule has 1 N–H and O–H groups in total. The Bertz CT molecular complexity index is 1110. The number of anilines is 1. The maximum absolute atomic E-state index is 12.5. The highest BCUT2D eigenvalue weighted by Gasteiger charge is 2.13. The van der Waals surface area contributed by atoms with Crippen LogP contribution in [0, 0.1) is 11.3 Å². The summed E-state index contributed by atoms with van der Waals surface area (Å²) >= 11 is 7.02. The molecule has 1 amide bonds. The first-order chi connectivity index (χ1) is 15.0. The summed E-state index contributed by atoms with van der Waals surface area (Å²) in [6, 6.07) is 22.3. The second kappa shape index (κ2) is 10.8. The van der Waals surface area contributed by atoms with Gasteiger partial charge in [-0.1, -0.05) is 30.3 Å². The summed E-state index contributed by atoms with van der Waals surface area (Å²) in [6.45, 7) is 0.418. The number of carbonyl (C=O) groups is 1. The van der Waals surface area contributed by atoms with E-state index in [2.05, 4.69) is 37.2 Å². The first-order valence-corrected chi connectivity index (χ1v) is 10.8. The molecule has 31 heavy (non-hydrogen) atoms. The van der Waals surface area contributed by atoms with Gasteiger partial charge in [0.1, 0.15) is 29.7 Å². The van der Waals surface area contributed by atoms with Gasteiger partial charge in [-0.3, -0.25) is 4.79 Å². The van der Waals surface area contributed by atoms with E-state index < -0.39 is 5.91 Å². The Labute approximate surface area is 197 Å². The summed E-state index contributed by atoms with van der Waals surface area (Å²) in [5, 5.41) is 12.2. The van der Waals surface area contributed by atoms with Gasteiger partial charge in [-0.15, -0.1) is 0 Å². The van der Waals surface area contributed by atoms with Crippen LogP contribution < -0.4 is 14.8 Å². The lowest BCUT2D eigenvalue weighted by atomic mass is 10.1. The van der Waals surface area contributed by atoms with Gasteiger partial charge >= 0.3 is 0 Å². The van der Waals surface area contributed by atoms with Crippen molar-refractivity contribution in [3.63, 3.8) is 0 Å².